The number of hydrazine groups is 1. The van der Waals surface area contributed by atoms with Crippen LogP contribution in [0.5, 0.6) is 0 Å². The van der Waals surface area contributed by atoms with E-state index in [-0.39, 0.29) is 5.91 Å². The number of rotatable bonds is 3. The van der Waals surface area contributed by atoms with E-state index in [1.807, 2.05) is 26.0 Å². The SMILES string of the molecule is Cc1cc(C)nc(NC(=O)c2ccncc2NN)c1. The second-order valence-corrected chi connectivity index (χ2v) is 4.19. The van der Waals surface area contributed by atoms with E-state index in [2.05, 4.69) is 20.7 Å². The number of aryl methyl sites for hydroxylation is 2. The number of nitrogens with one attached hydrogen (secondary N) is 2. The van der Waals surface area contributed by atoms with Crippen LogP contribution in [0.2, 0.25) is 0 Å². The minimum absolute atomic E-state index is 0.284. The van der Waals surface area contributed by atoms with Crippen LogP contribution in [0.1, 0.15) is 21.6 Å². The molecular weight excluding hydrogens is 242 g/mol. The zero-order chi connectivity index (χ0) is 13.8. The van der Waals surface area contributed by atoms with Gasteiger partial charge in [-0.15, -0.1) is 0 Å². The van der Waals surface area contributed by atoms with E-state index in [4.69, 9.17) is 5.84 Å². The number of hydrogen-bond acceptors (Lipinski definition) is 5. The number of nitrogens with zero attached hydrogens (tertiary/aromatic N) is 2. The van der Waals surface area contributed by atoms with Crippen molar-refractivity contribution in [1.29, 1.82) is 0 Å². The van der Waals surface area contributed by atoms with Gasteiger partial charge in [0.05, 0.1) is 17.4 Å². The average Bonchev–Trinajstić information content (AvgIpc) is 2.37. The number of nitrogen functional groups attached to an aromatic ring is 1. The lowest BCUT2D eigenvalue weighted by Gasteiger charge is -2.09. The predicted octanol–water partition coefficient (Wildman–Crippen LogP) is 1.63. The quantitative estimate of drug-likeness (QED) is 0.574. The normalized spacial score (nSPS) is 10.1. The highest BCUT2D eigenvalue weighted by atomic mass is 16.1. The van der Waals surface area contributed by atoms with E-state index >= 15 is 0 Å². The van der Waals surface area contributed by atoms with Gasteiger partial charge >= 0.3 is 0 Å². The van der Waals surface area contributed by atoms with Crippen molar-refractivity contribution in [2.24, 2.45) is 5.84 Å². The Morgan fingerprint density at radius 3 is 2.79 bits per heavy atom. The van der Waals surface area contributed by atoms with Crippen LogP contribution in [-0.4, -0.2) is 15.9 Å². The van der Waals surface area contributed by atoms with E-state index in [1.165, 1.54) is 12.4 Å². The van der Waals surface area contributed by atoms with Gasteiger partial charge in [0.15, 0.2) is 0 Å². The summed E-state index contributed by atoms with van der Waals surface area (Å²) in [6, 6.07) is 5.34. The summed E-state index contributed by atoms with van der Waals surface area (Å²) in [5.74, 6) is 5.58. The van der Waals surface area contributed by atoms with Crippen LogP contribution in [0.25, 0.3) is 0 Å². The molecule has 1 amide bonds. The maximum atomic E-state index is 12.1. The Labute approximate surface area is 111 Å². The third-order valence-corrected chi connectivity index (χ3v) is 2.56. The summed E-state index contributed by atoms with van der Waals surface area (Å²) in [7, 11) is 0. The summed E-state index contributed by atoms with van der Waals surface area (Å²) in [5, 5.41) is 2.74. The number of pyridine rings is 2. The van der Waals surface area contributed by atoms with Gasteiger partial charge in [-0.25, -0.2) is 4.98 Å². The van der Waals surface area contributed by atoms with Crippen LogP contribution >= 0.6 is 0 Å². The maximum absolute atomic E-state index is 12.1. The molecule has 0 aliphatic carbocycles. The number of carbonyl (C=O) groups excluding carboxylic acids is 1. The topological polar surface area (TPSA) is 92.9 Å². The number of nitrogens with two attached hydrogens (primary N) is 1. The summed E-state index contributed by atoms with van der Waals surface area (Å²) < 4.78 is 0. The van der Waals surface area contributed by atoms with Gasteiger partial charge in [-0.3, -0.25) is 15.6 Å². The molecule has 0 aliphatic rings. The molecule has 0 atom stereocenters. The first-order chi connectivity index (χ1) is 9.10. The fourth-order valence-electron chi connectivity index (χ4n) is 1.80. The molecule has 6 nitrogen and oxygen atoms in total. The molecule has 19 heavy (non-hydrogen) atoms. The summed E-state index contributed by atoms with van der Waals surface area (Å²) in [4.78, 5) is 20.3. The summed E-state index contributed by atoms with van der Waals surface area (Å²) in [6.45, 7) is 3.83. The molecule has 0 unspecified atom stereocenters. The van der Waals surface area contributed by atoms with Crippen molar-refractivity contribution in [3.8, 4) is 0 Å². The Kier molecular flexibility index (Phi) is 3.72. The maximum Gasteiger partial charge on any atom is 0.259 e. The molecule has 0 fully saturated rings. The molecular formula is C13H15N5O. The lowest BCUT2D eigenvalue weighted by Crippen LogP contribution is -2.18. The third kappa shape index (κ3) is 3.05. The Morgan fingerprint density at radius 1 is 1.32 bits per heavy atom. The van der Waals surface area contributed by atoms with E-state index < -0.39 is 0 Å². The molecule has 0 aliphatic heterocycles. The number of carbonyl (C=O) groups is 1. The van der Waals surface area contributed by atoms with Crippen molar-refractivity contribution in [3.05, 3.63) is 47.4 Å². The summed E-state index contributed by atoms with van der Waals surface area (Å²) in [5.41, 5.74) is 5.20. The van der Waals surface area contributed by atoms with Crippen LogP contribution in [0.4, 0.5) is 11.5 Å². The fraction of sp³-hybridized carbons (Fsp3) is 0.154. The van der Waals surface area contributed by atoms with Gasteiger partial charge in [-0.1, -0.05) is 0 Å². The molecule has 0 bridgehead atoms. The average molecular weight is 257 g/mol. The molecule has 0 aromatic carbocycles. The highest BCUT2D eigenvalue weighted by Crippen LogP contribution is 2.15. The summed E-state index contributed by atoms with van der Waals surface area (Å²) in [6.07, 6.45) is 3.02. The molecule has 0 saturated heterocycles. The van der Waals surface area contributed by atoms with E-state index in [0.29, 0.717) is 17.1 Å². The van der Waals surface area contributed by atoms with Crippen LogP contribution in [0.3, 0.4) is 0 Å². The number of anilines is 2. The largest absolute Gasteiger partial charge is 0.322 e. The zero-order valence-corrected chi connectivity index (χ0v) is 10.8. The van der Waals surface area contributed by atoms with Crippen molar-refractivity contribution in [2.75, 3.05) is 10.7 Å². The molecule has 0 saturated carbocycles. The third-order valence-electron chi connectivity index (χ3n) is 2.56. The van der Waals surface area contributed by atoms with Gasteiger partial charge < -0.3 is 10.7 Å². The molecule has 2 heterocycles. The molecule has 4 N–H and O–H groups in total. The van der Waals surface area contributed by atoms with Crippen LogP contribution in [0, 0.1) is 13.8 Å². The van der Waals surface area contributed by atoms with Gasteiger partial charge in [0.1, 0.15) is 5.82 Å². The Morgan fingerprint density at radius 2 is 2.11 bits per heavy atom. The first-order valence-corrected chi connectivity index (χ1v) is 5.77. The molecule has 0 spiro atoms. The van der Waals surface area contributed by atoms with Crippen molar-refractivity contribution in [3.63, 3.8) is 0 Å². The molecule has 2 aromatic rings. The first kappa shape index (κ1) is 13.0. The summed E-state index contributed by atoms with van der Waals surface area (Å²) >= 11 is 0. The van der Waals surface area contributed by atoms with E-state index in [9.17, 15) is 4.79 Å². The second kappa shape index (κ2) is 5.45. The Balaban J connectivity index is 2.25. The molecule has 0 radical (unpaired) electrons. The number of aromatic nitrogens is 2. The van der Waals surface area contributed by atoms with Crippen molar-refractivity contribution >= 4 is 17.4 Å². The van der Waals surface area contributed by atoms with Gasteiger partial charge in [-0.05, 0) is 37.6 Å². The van der Waals surface area contributed by atoms with Gasteiger partial charge in [0, 0.05) is 11.9 Å². The highest BCUT2D eigenvalue weighted by molar-refractivity contribution is 6.07. The molecule has 6 heteroatoms. The van der Waals surface area contributed by atoms with Gasteiger partial charge in [-0.2, -0.15) is 0 Å². The predicted molar refractivity (Wildman–Crippen MR) is 73.7 cm³/mol. The monoisotopic (exact) mass is 257 g/mol. The van der Waals surface area contributed by atoms with Crippen molar-refractivity contribution in [1.82, 2.24) is 9.97 Å². The second-order valence-electron chi connectivity index (χ2n) is 4.19. The van der Waals surface area contributed by atoms with Gasteiger partial charge in [0.2, 0.25) is 0 Å². The molecule has 2 rings (SSSR count). The molecule has 98 valence electrons. The number of amides is 1. The smallest absolute Gasteiger partial charge is 0.259 e. The zero-order valence-electron chi connectivity index (χ0n) is 10.8. The highest BCUT2D eigenvalue weighted by Gasteiger charge is 2.11. The van der Waals surface area contributed by atoms with E-state index in [1.54, 1.807) is 6.07 Å². The van der Waals surface area contributed by atoms with Crippen LogP contribution in [0.15, 0.2) is 30.6 Å². The van der Waals surface area contributed by atoms with Crippen molar-refractivity contribution < 1.29 is 4.79 Å². The minimum atomic E-state index is -0.284. The number of hydrogen-bond donors (Lipinski definition) is 3. The lowest BCUT2D eigenvalue weighted by molar-refractivity contribution is 0.102. The molecule has 2 aromatic heterocycles. The minimum Gasteiger partial charge on any atom is -0.322 e. The Bertz CT molecular complexity index is 591. The van der Waals surface area contributed by atoms with Crippen molar-refractivity contribution in [2.45, 2.75) is 13.8 Å². The standard InChI is InChI=1S/C13H15N5O/c1-8-5-9(2)16-12(6-8)17-13(19)10-3-4-15-7-11(10)18-14/h3-7,18H,14H2,1-2H3,(H,16,17,19). The first-order valence-electron chi connectivity index (χ1n) is 5.77. The lowest BCUT2D eigenvalue weighted by atomic mass is 10.2. The van der Waals surface area contributed by atoms with Crippen LogP contribution < -0.4 is 16.6 Å². The Hall–Kier alpha value is -2.47. The fourth-order valence-corrected chi connectivity index (χ4v) is 1.80. The van der Waals surface area contributed by atoms with Crippen LogP contribution in [-0.2, 0) is 0 Å². The van der Waals surface area contributed by atoms with E-state index in [0.717, 1.165) is 11.3 Å². The van der Waals surface area contributed by atoms with Gasteiger partial charge in [0.25, 0.3) is 5.91 Å².